The van der Waals surface area contributed by atoms with Crippen LogP contribution in [0.25, 0.3) is 10.6 Å². The van der Waals surface area contributed by atoms with Crippen molar-refractivity contribution in [1.29, 1.82) is 0 Å². The second-order valence-electron chi connectivity index (χ2n) is 8.62. The predicted octanol–water partition coefficient (Wildman–Crippen LogP) is 4.01. The number of ketones is 1. The topological polar surface area (TPSA) is 96.1 Å². The normalized spacial score (nSPS) is 19.1. The SMILES string of the molecule is Cc1nc(-c2ccccc2)sc1C(=O)C1=C(O)C(=O)N(CCCN2CCOCC2)C1c1ccco1. The van der Waals surface area contributed by atoms with Crippen LogP contribution in [-0.2, 0) is 9.53 Å². The number of benzene rings is 1. The maximum atomic E-state index is 13.8. The summed E-state index contributed by atoms with van der Waals surface area (Å²) < 4.78 is 11.0. The van der Waals surface area contributed by atoms with Gasteiger partial charge in [-0.2, -0.15) is 0 Å². The molecule has 9 heteroatoms. The lowest BCUT2D eigenvalue weighted by molar-refractivity contribution is -0.129. The second kappa shape index (κ2) is 10.2. The number of nitrogens with zero attached hydrogens (tertiary/aromatic N) is 3. The van der Waals surface area contributed by atoms with E-state index in [2.05, 4.69) is 9.88 Å². The number of amides is 1. The molecule has 0 radical (unpaired) electrons. The molecule has 8 nitrogen and oxygen atoms in total. The van der Waals surface area contributed by atoms with Crippen molar-refractivity contribution < 1.29 is 23.8 Å². The number of aliphatic hydroxyl groups is 1. The van der Waals surface area contributed by atoms with Crippen LogP contribution in [0.3, 0.4) is 0 Å². The Hall–Kier alpha value is -3.27. The van der Waals surface area contributed by atoms with Gasteiger partial charge in [-0.05, 0) is 25.5 Å². The quantitative estimate of drug-likeness (QED) is 0.474. The summed E-state index contributed by atoms with van der Waals surface area (Å²) in [6.07, 6.45) is 2.21. The number of hydrogen-bond donors (Lipinski definition) is 1. The standard InChI is InChI=1S/C26H27N3O5S/c1-17-24(35-25(27-17)18-7-3-2-4-8-18)22(30)20-21(19-9-5-14-34-19)29(26(32)23(20)31)11-6-10-28-12-15-33-16-13-28/h2-5,7-9,14,21,31H,6,10-13,15-16H2,1H3. The lowest BCUT2D eigenvalue weighted by Gasteiger charge is -2.29. The number of morpholine rings is 1. The summed E-state index contributed by atoms with van der Waals surface area (Å²) in [5.41, 5.74) is 1.52. The largest absolute Gasteiger partial charge is 0.503 e. The van der Waals surface area contributed by atoms with Gasteiger partial charge in [-0.3, -0.25) is 14.5 Å². The van der Waals surface area contributed by atoms with Gasteiger partial charge in [0.2, 0.25) is 5.78 Å². The predicted molar refractivity (Wildman–Crippen MR) is 131 cm³/mol. The van der Waals surface area contributed by atoms with Crippen molar-refractivity contribution in [1.82, 2.24) is 14.8 Å². The number of ether oxygens (including phenoxy) is 1. The highest BCUT2D eigenvalue weighted by molar-refractivity contribution is 7.17. The third-order valence-corrected chi connectivity index (χ3v) is 7.57. The van der Waals surface area contributed by atoms with Crippen LogP contribution >= 0.6 is 11.3 Å². The molecule has 0 saturated carbocycles. The number of carbonyl (C=O) groups is 2. The van der Waals surface area contributed by atoms with Crippen LogP contribution in [0.2, 0.25) is 0 Å². The first kappa shape index (κ1) is 23.5. The van der Waals surface area contributed by atoms with E-state index in [4.69, 9.17) is 9.15 Å². The number of thiazole rings is 1. The van der Waals surface area contributed by atoms with Crippen LogP contribution < -0.4 is 0 Å². The summed E-state index contributed by atoms with van der Waals surface area (Å²) >= 11 is 1.26. The number of Topliss-reactive ketones (excluding diaryl/α,β-unsaturated/α-hetero) is 1. The minimum Gasteiger partial charge on any atom is -0.503 e. The smallest absolute Gasteiger partial charge is 0.290 e. The van der Waals surface area contributed by atoms with E-state index in [9.17, 15) is 14.7 Å². The zero-order valence-electron chi connectivity index (χ0n) is 19.5. The molecule has 1 atom stereocenters. The van der Waals surface area contributed by atoms with Crippen LogP contribution in [0, 0.1) is 6.92 Å². The van der Waals surface area contributed by atoms with Crippen molar-refractivity contribution in [3.05, 3.63) is 76.4 Å². The lowest BCUT2D eigenvalue weighted by atomic mass is 9.99. The van der Waals surface area contributed by atoms with Gasteiger partial charge < -0.3 is 19.2 Å². The van der Waals surface area contributed by atoms with Gasteiger partial charge in [-0.15, -0.1) is 11.3 Å². The fraction of sp³-hybridized carbons (Fsp3) is 0.346. The highest BCUT2D eigenvalue weighted by Gasteiger charge is 2.45. The van der Waals surface area contributed by atoms with Crippen LogP contribution in [0.1, 0.15) is 33.6 Å². The summed E-state index contributed by atoms with van der Waals surface area (Å²) in [5, 5.41) is 11.6. The van der Waals surface area contributed by atoms with Crippen LogP contribution in [-0.4, -0.2) is 71.0 Å². The maximum Gasteiger partial charge on any atom is 0.290 e. The van der Waals surface area contributed by atoms with E-state index in [1.165, 1.54) is 22.5 Å². The first-order chi connectivity index (χ1) is 17.0. The molecule has 1 N–H and O–H groups in total. The van der Waals surface area contributed by atoms with Crippen LogP contribution in [0.4, 0.5) is 0 Å². The molecule has 1 saturated heterocycles. The van der Waals surface area contributed by atoms with Crippen molar-refractivity contribution in [3.63, 3.8) is 0 Å². The number of aromatic nitrogens is 1. The Bertz CT molecular complexity index is 1230. The van der Waals surface area contributed by atoms with Crippen LogP contribution in [0.15, 0.2) is 64.5 Å². The fourth-order valence-electron chi connectivity index (χ4n) is 4.58. The maximum absolute atomic E-state index is 13.8. The van der Waals surface area contributed by atoms with E-state index < -0.39 is 23.5 Å². The van der Waals surface area contributed by atoms with Gasteiger partial charge in [0.05, 0.1) is 35.6 Å². The van der Waals surface area contributed by atoms with Gasteiger partial charge in [0.1, 0.15) is 16.8 Å². The Labute approximate surface area is 207 Å². The molecular formula is C26H27N3O5S. The molecule has 1 fully saturated rings. The Kier molecular flexibility index (Phi) is 6.81. The number of aliphatic hydroxyl groups excluding tert-OH is 1. The summed E-state index contributed by atoms with van der Waals surface area (Å²) in [6, 6.07) is 12.3. The van der Waals surface area contributed by atoms with Gasteiger partial charge in [0.15, 0.2) is 5.76 Å². The average Bonchev–Trinajstić information content (AvgIpc) is 3.60. The molecule has 4 heterocycles. The van der Waals surface area contributed by atoms with Crippen molar-refractivity contribution in [2.75, 3.05) is 39.4 Å². The molecule has 0 spiro atoms. The van der Waals surface area contributed by atoms with E-state index in [0.29, 0.717) is 47.5 Å². The molecule has 2 aliphatic rings. The Balaban J connectivity index is 1.41. The van der Waals surface area contributed by atoms with E-state index in [1.54, 1.807) is 19.1 Å². The van der Waals surface area contributed by atoms with E-state index in [1.807, 2.05) is 30.3 Å². The molecule has 35 heavy (non-hydrogen) atoms. The fourth-order valence-corrected chi connectivity index (χ4v) is 5.61. The zero-order chi connectivity index (χ0) is 24.4. The summed E-state index contributed by atoms with van der Waals surface area (Å²) in [6.45, 7) is 6.09. The zero-order valence-corrected chi connectivity index (χ0v) is 20.3. The Morgan fingerprint density at radius 3 is 2.63 bits per heavy atom. The van der Waals surface area contributed by atoms with Gasteiger partial charge >= 0.3 is 0 Å². The van der Waals surface area contributed by atoms with Crippen molar-refractivity contribution in [3.8, 4) is 10.6 Å². The van der Waals surface area contributed by atoms with E-state index in [-0.39, 0.29) is 5.57 Å². The second-order valence-corrected chi connectivity index (χ2v) is 9.61. The molecule has 1 unspecified atom stereocenters. The summed E-state index contributed by atoms with van der Waals surface area (Å²) in [4.78, 5) is 35.7. The molecule has 1 amide bonds. The number of rotatable bonds is 8. The molecule has 3 aromatic rings. The minimum absolute atomic E-state index is 0.0442. The highest BCUT2D eigenvalue weighted by atomic mass is 32.1. The van der Waals surface area contributed by atoms with Crippen LogP contribution in [0.5, 0.6) is 0 Å². The molecule has 1 aromatic carbocycles. The molecule has 0 bridgehead atoms. The Morgan fingerprint density at radius 1 is 1.14 bits per heavy atom. The molecule has 0 aliphatic carbocycles. The van der Waals surface area contributed by atoms with E-state index in [0.717, 1.165) is 25.2 Å². The monoisotopic (exact) mass is 493 g/mol. The van der Waals surface area contributed by atoms with Crippen molar-refractivity contribution in [2.24, 2.45) is 0 Å². The van der Waals surface area contributed by atoms with Gasteiger partial charge in [0.25, 0.3) is 5.91 Å². The highest BCUT2D eigenvalue weighted by Crippen LogP contribution is 2.41. The molecule has 2 aromatic heterocycles. The first-order valence-corrected chi connectivity index (χ1v) is 12.5. The number of furan rings is 1. The number of hydrogen-bond acceptors (Lipinski definition) is 8. The lowest BCUT2D eigenvalue weighted by Crippen LogP contribution is -2.39. The van der Waals surface area contributed by atoms with Gasteiger partial charge in [-0.25, -0.2) is 4.98 Å². The molecule has 2 aliphatic heterocycles. The molecule has 5 rings (SSSR count). The average molecular weight is 494 g/mol. The van der Waals surface area contributed by atoms with Crippen molar-refractivity contribution in [2.45, 2.75) is 19.4 Å². The summed E-state index contributed by atoms with van der Waals surface area (Å²) in [7, 11) is 0. The summed E-state index contributed by atoms with van der Waals surface area (Å²) in [5.74, 6) is -1.02. The number of aryl methyl sites for hydroxylation is 1. The number of carbonyl (C=O) groups excluding carboxylic acids is 2. The first-order valence-electron chi connectivity index (χ1n) is 11.7. The van der Waals surface area contributed by atoms with E-state index >= 15 is 0 Å². The Morgan fingerprint density at radius 2 is 1.91 bits per heavy atom. The van der Waals surface area contributed by atoms with Crippen molar-refractivity contribution >= 4 is 23.0 Å². The van der Waals surface area contributed by atoms with Gasteiger partial charge in [0, 0.05) is 31.7 Å². The molecular weight excluding hydrogens is 466 g/mol. The minimum atomic E-state index is -0.781. The molecule has 182 valence electrons. The third-order valence-electron chi connectivity index (χ3n) is 6.36. The van der Waals surface area contributed by atoms with Gasteiger partial charge in [-0.1, -0.05) is 30.3 Å². The third kappa shape index (κ3) is 4.67.